The van der Waals surface area contributed by atoms with Crippen LogP contribution in [0.1, 0.15) is 31.5 Å². The first-order valence-corrected chi connectivity index (χ1v) is 6.36. The molecule has 0 saturated heterocycles. The Morgan fingerprint density at radius 1 is 1.29 bits per heavy atom. The van der Waals surface area contributed by atoms with Crippen LogP contribution in [0.3, 0.4) is 0 Å². The molecule has 0 unspecified atom stereocenters. The van der Waals surface area contributed by atoms with Gasteiger partial charge in [0.25, 0.3) is 0 Å². The van der Waals surface area contributed by atoms with Crippen LogP contribution in [0.25, 0.3) is 10.9 Å². The maximum Gasteiger partial charge on any atom is 0.0482 e. The molecule has 1 aliphatic rings. The van der Waals surface area contributed by atoms with Gasteiger partial charge in [-0.05, 0) is 24.5 Å². The number of benzene rings is 1. The van der Waals surface area contributed by atoms with Gasteiger partial charge in [0.05, 0.1) is 0 Å². The molecule has 0 amide bonds. The monoisotopic (exact) mass is 228 g/mol. The Balaban J connectivity index is 2.41. The lowest BCUT2D eigenvalue weighted by Crippen LogP contribution is -2.44. The fourth-order valence-electron chi connectivity index (χ4n) is 3.30. The highest BCUT2D eigenvalue weighted by Crippen LogP contribution is 2.41. The molecule has 3 rings (SSSR count). The van der Waals surface area contributed by atoms with Crippen LogP contribution in [0.5, 0.6) is 0 Å². The third-order valence-corrected chi connectivity index (χ3v) is 4.49. The number of hydrogen-bond donors (Lipinski definition) is 1. The highest BCUT2D eigenvalue weighted by Gasteiger charge is 2.37. The van der Waals surface area contributed by atoms with E-state index in [-0.39, 0.29) is 11.5 Å². The maximum atomic E-state index is 6.32. The molecule has 2 N–H and O–H groups in total. The second-order valence-corrected chi connectivity index (χ2v) is 5.76. The zero-order chi connectivity index (χ0) is 12.2. The highest BCUT2D eigenvalue weighted by molar-refractivity contribution is 5.87. The third-order valence-electron chi connectivity index (χ3n) is 4.49. The number of rotatable bonds is 0. The van der Waals surface area contributed by atoms with Crippen molar-refractivity contribution in [3.8, 4) is 0 Å². The van der Waals surface area contributed by atoms with E-state index in [2.05, 4.69) is 49.7 Å². The van der Waals surface area contributed by atoms with Crippen LogP contribution in [0.2, 0.25) is 0 Å². The molecule has 17 heavy (non-hydrogen) atoms. The summed E-state index contributed by atoms with van der Waals surface area (Å²) in [6.07, 6.45) is 2.19. The van der Waals surface area contributed by atoms with Crippen LogP contribution in [0.4, 0.5) is 0 Å². The van der Waals surface area contributed by atoms with Crippen molar-refractivity contribution in [2.45, 2.75) is 38.1 Å². The largest absolute Gasteiger partial charge is 0.347 e. The molecule has 1 heterocycles. The minimum absolute atomic E-state index is 0.0778. The average Bonchev–Trinajstić information content (AvgIpc) is 2.60. The van der Waals surface area contributed by atoms with Crippen molar-refractivity contribution in [2.24, 2.45) is 12.8 Å². The van der Waals surface area contributed by atoms with Crippen LogP contribution in [0, 0.1) is 0 Å². The van der Waals surface area contributed by atoms with Gasteiger partial charge in [-0.2, -0.15) is 0 Å². The quantitative estimate of drug-likeness (QED) is 0.738. The minimum Gasteiger partial charge on any atom is -0.347 e. The third kappa shape index (κ3) is 1.31. The normalized spacial score (nSPS) is 22.7. The van der Waals surface area contributed by atoms with Gasteiger partial charge in [-0.3, -0.25) is 0 Å². The molecular formula is C15H20N2. The van der Waals surface area contributed by atoms with Gasteiger partial charge in [-0.25, -0.2) is 0 Å². The fraction of sp³-hybridized carbons (Fsp3) is 0.467. The van der Waals surface area contributed by atoms with Crippen molar-refractivity contribution >= 4 is 10.9 Å². The van der Waals surface area contributed by atoms with Gasteiger partial charge in [0, 0.05) is 35.1 Å². The van der Waals surface area contributed by atoms with E-state index in [4.69, 9.17) is 5.73 Å². The average molecular weight is 228 g/mol. The molecule has 0 saturated carbocycles. The SMILES string of the molecule is Cn1c2c(c3ccccc31)C(C)(C)[C@H](N)CC2. The van der Waals surface area contributed by atoms with E-state index in [9.17, 15) is 0 Å². The summed E-state index contributed by atoms with van der Waals surface area (Å²) in [7, 11) is 2.17. The molecule has 2 heteroatoms. The van der Waals surface area contributed by atoms with Gasteiger partial charge >= 0.3 is 0 Å². The molecule has 1 aromatic carbocycles. The Morgan fingerprint density at radius 2 is 2.00 bits per heavy atom. The summed E-state index contributed by atoms with van der Waals surface area (Å²) in [5, 5.41) is 1.38. The van der Waals surface area contributed by atoms with Gasteiger partial charge in [-0.15, -0.1) is 0 Å². The van der Waals surface area contributed by atoms with Gasteiger partial charge in [-0.1, -0.05) is 32.0 Å². The first-order valence-electron chi connectivity index (χ1n) is 6.36. The number of nitrogens with zero attached hydrogens (tertiary/aromatic N) is 1. The maximum absolute atomic E-state index is 6.32. The van der Waals surface area contributed by atoms with Gasteiger partial charge in [0.15, 0.2) is 0 Å². The van der Waals surface area contributed by atoms with Crippen molar-refractivity contribution < 1.29 is 0 Å². The zero-order valence-electron chi connectivity index (χ0n) is 10.8. The van der Waals surface area contributed by atoms with Crippen LogP contribution < -0.4 is 5.73 Å². The minimum atomic E-state index is 0.0778. The summed E-state index contributed by atoms with van der Waals surface area (Å²) in [6, 6.07) is 8.93. The second-order valence-electron chi connectivity index (χ2n) is 5.76. The first kappa shape index (κ1) is 10.8. The summed E-state index contributed by atoms with van der Waals surface area (Å²) < 4.78 is 2.35. The molecule has 0 bridgehead atoms. The smallest absolute Gasteiger partial charge is 0.0482 e. The number of nitrogens with two attached hydrogens (primary N) is 1. The van der Waals surface area contributed by atoms with Gasteiger partial charge in [0.2, 0.25) is 0 Å². The predicted octanol–water partition coefficient (Wildman–Crippen LogP) is 2.73. The summed E-state index contributed by atoms with van der Waals surface area (Å²) in [4.78, 5) is 0. The van der Waals surface area contributed by atoms with Crippen molar-refractivity contribution in [3.63, 3.8) is 0 Å². The van der Waals surface area contributed by atoms with Gasteiger partial charge < -0.3 is 10.3 Å². The molecular weight excluding hydrogens is 208 g/mol. The van der Waals surface area contributed by atoms with E-state index in [1.165, 1.54) is 22.2 Å². The molecule has 1 aliphatic carbocycles. The predicted molar refractivity (Wildman–Crippen MR) is 72.2 cm³/mol. The Morgan fingerprint density at radius 3 is 2.76 bits per heavy atom. The Hall–Kier alpha value is -1.28. The summed E-state index contributed by atoms with van der Waals surface area (Å²) in [5.41, 5.74) is 10.7. The lowest BCUT2D eigenvalue weighted by molar-refractivity contribution is 0.362. The molecule has 0 radical (unpaired) electrons. The number of aryl methyl sites for hydroxylation is 1. The van der Waals surface area contributed by atoms with Crippen LogP contribution in [0.15, 0.2) is 24.3 Å². The van der Waals surface area contributed by atoms with E-state index < -0.39 is 0 Å². The molecule has 2 nitrogen and oxygen atoms in total. The number of fused-ring (bicyclic) bond motifs is 3. The lowest BCUT2D eigenvalue weighted by Gasteiger charge is -2.37. The molecule has 90 valence electrons. The van der Waals surface area contributed by atoms with Crippen LogP contribution in [-0.4, -0.2) is 10.6 Å². The van der Waals surface area contributed by atoms with Crippen LogP contribution in [-0.2, 0) is 18.9 Å². The fourth-order valence-corrected chi connectivity index (χ4v) is 3.30. The van der Waals surface area contributed by atoms with E-state index in [0.29, 0.717) is 0 Å². The molecule has 0 aliphatic heterocycles. The highest BCUT2D eigenvalue weighted by atomic mass is 15.0. The topological polar surface area (TPSA) is 30.9 Å². The van der Waals surface area contributed by atoms with Crippen molar-refractivity contribution in [3.05, 3.63) is 35.5 Å². The molecule has 0 fully saturated rings. The van der Waals surface area contributed by atoms with Gasteiger partial charge in [0.1, 0.15) is 0 Å². The van der Waals surface area contributed by atoms with Crippen molar-refractivity contribution in [1.29, 1.82) is 0 Å². The second kappa shape index (κ2) is 3.36. The summed E-state index contributed by atoms with van der Waals surface area (Å²) in [5.74, 6) is 0. The van der Waals surface area contributed by atoms with Crippen LogP contribution >= 0.6 is 0 Å². The molecule has 0 spiro atoms. The number of para-hydroxylation sites is 1. The first-order chi connectivity index (χ1) is 8.03. The Labute approximate surface area is 102 Å². The number of hydrogen-bond acceptors (Lipinski definition) is 1. The lowest BCUT2D eigenvalue weighted by atomic mass is 9.71. The molecule has 1 aromatic heterocycles. The van der Waals surface area contributed by atoms with E-state index in [0.717, 1.165) is 12.8 Å². The molecule has 1 atom stereocenters. The number of aromatic nitrogens is 1. The van der Waals surface area contributed by atoms with Crippen molar-refractivity contribution in [2.75, 3.05) is 0 Å². The molecule has 2 aromatic rings. The summed E-state index contributed by atoms with van der Waals surface area (Å²) >= 11 is 0. The van der Waals surface area contributed by atoms with Crippen molar-refractivity contribution in [1.82, 2.24) is 4.57 Å². The van der Waals surface area contributed by atoms with E-state index in [1.54, 1.807) is 0 Å². The zero-order valence-corrected chi connectivity index (χ0v) is 10.8. The standard InChI is InChI=1S/C15H20N2/c1-15(2)13(16)9-8-12-14(15)10-6-4-5-7-11(10)17(12)3/h4-7,13H,8-9,16H2,1-3H3/t13-/m1/s1. The Bertz CT molecular complexity index is 578. The van der Waals surface area contributed by atoms with E-state index in [1.807, 2.05) is 0 Å². The Kier molecular flexibility index (Phi) is 2.14. The summed E-state index contributed by atoms with van der Waals surface area (Å²) in [6.45, 7) is 4.56. The van der Waals surface area contributed by atoms with E-state index >= 15 is 0 Å².